The van der Waals surface area contributed by atoms with Crippen LogP contribution >= 0.6 is 0 Å². The number of hydrogen-bond donors (Lipinski definition) is 0. The van der Waals surface area contributed by atoms with Crippen LogP contribution in [-0.4, -0.2) is 26.3 Å². The molecule has 0 spiro atoms. The van der Waals surface area contributed by atoms with Crippen LogP contribution < -0.4 is 0 Å². The Balaban J connectivity index is 2.20. The summed E-state index contributed by atoms with van der Waals surface area (Å²) in [4.78, 5) is 0. The molecule has 0 unspecified atom stereocenters. The Hall–Kier alpha value is -0.640. The van der Waals surface area contributed by atoms with Gasteiger partial charge in [-0.25, -0.2) is 0 Å². The van der Waals surface area contributed by atoms with Gasteiger partial charge in [-0.05, 0) is 12.2 Å². The maximum atomic E-state index is 5.21. The van der Waals surface area contributed by atoms with Crippen molar-refractivity contribution in [1.82, 2.24) is 0 Å². The molecular formula is C8H12O3. The Bertz CT molecular complexity index is 153. The van der Waals surface area contributed by atoms with Crippen LogP contribution in [0.15, 0.2) is 24.8 Å². The number of hydrogen-bond acceptors (Lipinski definition) is 3. The summed E-state index contributed by atoms with van der Waals surface area (Å²) in [7, 11) is 1.59. The Kier molecular flexibility index (Phi) is 3.29. The van der Waals surface area contributed by atoms with Crippen molar-refractivity contribution in [3.63, 3.8) is 0 Å². The van der Waals surface area contributed by atoms with Gasteiger partial charge in [-0.1, -0.05) is 6.08 Å². The summed E-state index contributed by atoms with van der Waals surface area (Å²) in [6, 6.07) is 0. The van der Waals surface area contributed by atoms with Crippen molar-refractivity contribution < 1.29 is 14.2 Å². The van der Waals surface area contributed by atoms with Gasteiger partial charge in [0.2, 0.25) is 0 Å². The molecule has 1 rings (SSSR count). The van der Waals surface area contributed by atoms with Crippen LogP contribution in [0.3, 0.4) is 0 Å². The summed E-state index contributed by atoms with van der Waals surface area (Å²) in [5, 5.41) is 0. The van der Waals surface area contributed by atoms with Gasteiger partial charge in [0.05, 0.1) is 6.61 Å². The molecule has 0 aliphatic carbocycles. The van der Waals surface area contributed by atoms with E-state index in [0.717, 1.165) is 0 Å². The molecular weight excluding hydrogens is 144 g/mol. The second kappa shape index (κ2) is 4.28. The summed E-state index contributed by atoms with van der Waals surface area (Å²) < 4.78 is 15.3. The van der Waals surface area contributed by atoms with Crippen molar-refractivity contribution in [3.8, 4) is 0 Å². The fraction of sp³-hybridized carbons (Fsp3) is 0.500. The minimum atomic E-state index is -0.280. The van der Waals surface area contributed by atoms with Gasteiger partial charge in [0, 0.05) is 7.11 Å². The second-order valence-corrected chi connectivity index (χ2v) is 2.12. The molecule has 0 aromatic heterocycles. The maximum absolute atomic E-state index is 5.21. The molecule has 0 saturated heterocycles. The van der Waals surface area contributed by atoms with Gasteiger partial charge in [-0.2, -0.15) is 0 Å². The molecule has 0 radical (unpaired) electrons. The molecule has 3 heteroatoms. The van der Waals surface area contributed by atoms with Crippen molar-refractivity contribution in [3.05, 3.63) is 24.8 Å². The van der Waals surface area contributed by atoms with E-state index in [1.165, 1.54) is 0 Å². The van der Waals surface area contributed by atoms with Crippen LogP contribution in [0, 0.1) is 0 Å². The SMILES string of the molecule is C=CCO[C@@H]1C=C[C@H](OC)O1. The third-order valence-electron chi connectivity index (χ3n) is 1.30. The van der Waals surface area contributed by atoms with Gasteiger partial charge in [0.25, 0.3) is 0 Å². The zero-order valence-corrected chi connectivity index (χ0v) is 6.53. The summed E-state index contributed by atoms with van der Waals surface area (Å²) in [5.41, 5.74) is 0. The smallest absolute Gasteiger partial charge is 0.180 e. The molecule has 3 nitrogen and oxygen atoms in total. The first-order valence-corrected chi connectivity index (χ1v) is 3.46. The molecule has 62 valence electrons. The molecule has 11 heavy (non-hydrogen) atoms. The highest BCUT2D eigenvalue weighted by molar-refractivity contribution is 4.95. The van der Waals surface area contributed by atoms with E-state index >= 15 is 0 Å². The fourth-order valence-corrected chi connectivity index (χ4v) is 0.796. The normalized spacial score (nSPS) is 29.2. The maximum Gasteiger partial charge on any atom is 0.180 e. The molecule has 0 saturated carbocycles. The van der Waals surface area contributed by atoms with Gasteiger partial charge >= 0.3 is 0 Å². The van der Waals surface area contributed by atoms with Crippen LogP contribution in [0.4, 0.5) is 0 Å². The number of rotatable bonds is 4. The first-order chi connectivity index (χ1) is 5.36. The highest BCUT2D eigenvalue weighted by atomic mass is 16.8. The van der Waals surface area contributed by atoms with E-state index < -0.39 is 0 Å². The predicted octanol–water partition coefficient (Wildman–Crippen LogP) is 1.07. The summed E-state index contributed by atoms with van der Waals surface area (Å²) >= 11 is 0. The molecule has 0 aromatic rings. The van der Waals surface area contributed by atoms with Crippen LogP contribution in [-0.2, 0) is 14.2 Å². The molecule has 0 aromatic carbocycles. The van der Waals surface area contributed by atoms with Crippen molar-refractivity contribution in [1.29, 1.82) is 0 Å². The van der Waals surface area contributed by atoms with Crippen LogP contribution in [0.5, 0.6) is 0 Å². The quantitative estimate of drug-likeness (QED) is 0.570. The Morgan fingerprint density at radius 2 is 2.27 bits per heavy atom. The van der Waals surface area contributed by atoms with Crippen molar-refractivity contribution in [2.45, 2.75) is 12.6 Å². The molecule has 1 aliphatic heterocycles. The van der Waals surface area contributed by atoms with E-state index in [1.54, 1.807) is 13.2 Å². The van der Waals surface area contributed by atoms with Gasteiger partial charge in [-0.15, -0.1) is 6.58 Å². The van der Waals surface area contributed by atoms with Gasteiger partial charge in [0.1, 0.15) is 0 Å². The Morgan fingerprint density at radius 3 is 2.82 bits per heavy atom. The average Bonchev–Trinajstić information content (AvgIpc) is 2.48. The lowest BCUT2D eigenvalue weighted by Gasteiger charge is -2.11. The first-order valence-electron chi connectivity index (χ1n) is 3.46. The first kappa shape index (κ1) is 8.46. The van der Waals surface area contributed by atoms with Crippen molar-refractivity contribution in [2.75, 3.05) is 13.7 Å². The highest BCUT2D eigenvalue weighted by Gasteiger charge is 2.17. The van der Waals surface area contributed by atoms with Crippen LogP contribution in [0.1, 0.15) is 0 Å². The van der Waals surface area contributed by atoms with E-state index in [0.29, 0.717) is 6.61 Å². The van der Waals surface area contributed by atoms with E-state index in [-0.39, 0.29) is 12.6 Å². The van der Waals surface area contributed by atoms with Gasteiger partial charge in [-0.3, -0.25) is 0 Å². The zero-order valence-electron chi connectivity index (χ0n) is 6.53. The summed E-state index contributed by atoms with van der Waals surface area (Å²) in [6.07, 6.45) is 4.77. The van der Waals surface area contributed by atoms with E-state index in [1.807, 2.05) is 12.2 Å². The molecule has 1 heterocycles. The van der Waals surface area contributed by atoms with Gasteiger partial charge < -0.3 is 14.2 Å². The lowest BCUT2D eigenvalue weighted by atomic mass is 10.5. The fourth-order valence-electron chi connectivity index (χ4n) is 0.796. The minimum absolute atomic E-state index is 0.259. The molecule has 1 aliphatic rings. The summed E-state index contributed by atoms with van der Waals surface area (Å²) in [6.45, 7) is 4.02. The monoisotopic (exact) mass is 156 g/mol. The minimum Gasteiger partial charge on any atom is -0.352 e. The van der Waals surface area contributed by atoms with Gasteiger partial charge in [0.15, 0.2) is 12.6 Å². The lowest BCUT2D eigenvalue weighted by Crippen LogP contribution is -2.16. The lowest BCUT2D eigenvalue weighted by molar-refractivity contribution is -0.179. The molecule has 2 atom stereocenters. The van der Waals surface area contributed by atoms with E-state index in [9.17, 15) is 0 Å². The highest BCUT2D eigenvalue weighted by Crippen LogP contribution is 2.12. The standard InChI is InChI=1S/C8H12O3/c1-3-6-10-8-5-4-7(9-2)11-8/h3-5,7-8H,1,6H2,2H3/t7-,8+/m1/s1. The second-order valence-electron chi connectivity index (χ2n) is 2.12. The molecule has 0 amide bonds. The van der Waals surface area contributed by atoms with E-state index in [2.05, 4.69) is 6.58 Å². The molecule has 0 fully saturated rings. The van der Waals surface area contributed by atoms with Crippen LogP contribution in [0.2, 0.25) is 0 Å². The summed E-state index contributed by atoms with van der Waals surface area (Å²) in [5.74, 6) is 0. The number of methoxy groups -OCH3 is 1. The predicted molar refractivity (Wildman–Crippen MR) is 41.0 cm³/mol. The topological polar surface area (TPSA) is 27.7 Å². The third-order valence-corrected chi connectivity index (χ3v) is 1.30. The van der Waals surface area contributed by atoms with Crippen molar-refractivity contribution >= 4 is 0 Å². The largest absolute Gasteiger partial charge is 0.352 e. The third kappa shape index (κ3) is 2.46. The number of ether oxygens (including phenoxy) is 3. The van der Waals surface area contributed by atoms with Crippen molar-refractivity contribution in [2.24, 2.45) is 0 Å². The van der Waals surface area contributed by atoms with E-state index in [4.69, 9.17) is 14.2 Å². The molecule has 0 bridgehead atoms. The average molecular weight is 156 g/mol. The molecule has 0 N–H and O–H groups in total. The Labute approximate surface area is 66.2 Å². The van der Waals surface area contributed by atoms with Crippen LogP contribution in [0.25, 0.3) is 0 Å². The Morgan fingerprint density at radius 1 is 1.55 bits per heavy atom. The zero-order chi connectivity index (χ0) is 8.10.